The van der Waals surface area contributed by atoms with Crippen molar-refractivity contribution in [3.63, 3.8) is 0 Å². The van der Waals surface area contributed by atoms with Crippen LogP contribution in [0.25, 0.3) is 0 Å². The molecule has 1 saturated heterocycles. The number of nitrogens with zero attached hydrogens (tertiary/aromatic N) is 2. The highest BCUT2D eigenvalue weighted by Gasteiger charge is 2.26. The van der Waals surface area contributed by atoms with Crippen LogP contribution in [0.2, 0.25) is 0 Å². The summed E-state index contributed by atoms with van der Waals surface area (Å²) in [5.74, 6) is 0.624. The molecular weight excluding hydrogens is 383 g/mol. The van der Waals surface area contributed by atoms with Gasteiger partial charge in [0.15, 0.2) is 0 Å². The molecule has 1 atom stereocenters. The largest absolute Gasteiger partial charge is 0.369 e. The summed E-state index contributed by atoms with van der Waals surface area (Å²) < 4.78 is 0. The summed E-state index contributed by atoms with van der Waals surface area (Å²) in [5.41, 5.74) is 6.87. The van der Waals surface area contributed by atoms with Crippen LogP contribution in [0.3, 0.4) is 0 Å². The number of hydrogen-bond donors (Lipinski definition) is 2. The van der Waals surface area contributed by atoms with Gasteiger partial charge in [-0.1, -0.05) is 32.0 Å². The average Bonchev–Trinajstić information content (AvgIpc) is 2.60. The number of benzene rings is 1. The second kappa shape index (κ2) is 12.4. The highest BCUT2D eigenvalue weighted by molar-refractivity contribution is 5.85. The van der Waals surface area contributed by atoms with Gasteiger partial charge in [0.1, 0.15) is 0 Å². The molecule has 7 heteroatoms. The van der Waals surface area contributed by atoms with E-state index in [1.54, 1.807) is 0 Å². The molecule has 1 unspecified atom stereocenters. The van der Waals surface area contributed by atoms with E-state index in [-0.39, 0.29) is 36.3 Å². The zero-order chi connectivity index (χ0) is 18.3. The maximum absolute atomic E-state index is 12.3. The van der Waals surface area contributed by atoms with Crippen LogP contribution in [0, 0.1) is 5.92 Å². The van der Waals surface area contributed by atoms with Gasteiger partial charge in [-0.15, -0.1) is 24.8 Å². The standard InChI is InChI=1S/C20H34N4O.2ClH/c1-17(2)15-20(3,16-21)22-19(25)9-10-23-11-13-24(14-12-23)18-7-5-4-6-8-18;;/h4-8,17H,9-16,21H2,1-3H3,(H,22,25);2*1H. The number of piperazine rings is 1. The van der Waals surface area contributed by atoms with Crippen LogP contribution in [-0.4, -0.2) is 55.6 Å². The topological polar surface area (TPSA) is 61.6 Å². The Morgan fingerprint density at radius 3 is 2.26 bits per heavy atom. The van der Waals surface area contributed by atoms with Gasteiger partial charge in [0.25, 0.3) is 0 Å². The van der Waals surface area contributed by atoms with Crippen LogP contribution in [0.15, 0.2) is 30.3 Å². The molecule has 1 amide bonds. The molecule has 0 spiro atoms. The molecule has 5 nitrogen and oxygen atoms in total. The Bertz CT molecular complexity index is 536. The van der Waals surface area contributed by atoms with Crippen LogP contribution in [0.1, 0.15) is 33.6 Å². The maximum atomic E-state index is 12.3. The number of anilines is 1. The molecule has 0 saturated carbocycles. The summed E-state index contributed by atoms with van der Waals surface area (Å²) in [6, 6.07) is 10.5. The third kappa shape index (κ3) is 8.69. The molecular formula is C20H36Cl2N4O. The second-order valence-corrected chi connectivity index (χ2v) is 7.83. The molecule has 1 heterocycles. The normalized spacial score (nSPS) is 16.9. The molecule has 1 aliphatic rings. The van der Waals surface area contributed by atoms with Gasteiger partial charge in [0.05, 0.1) is 0 Å². The highest BCUT2D eigenvalue weighted by atomic mass is 35.5. The molecule has 1 aromatic rings. The minimum atomic E-state index is -0.294. The number of carbonyl (C=O) groups is 1. The van der Waals surface area contributed by atoms with Crippen molar-refractivity contribution in [3.8, 4) is 0 Å². The Kier molecular flexibility index (Phi) is 12.0. The van der Waals surface area contributed by atoms with Crippen molar-refractivity contribution in [1.82, 2.24) is 10.2 Å². The first-order chi connectivity index (χ1) is 11.9. The Balaban J connectivity index is 0.00000338. The van der Waals surface area contributed by atoms with E-state index < -0.39 is 0 Å². The average molecular weight is 419 g/mol. The van der Waals surface area contributed by atoms with Gasteiger partial charge in [-0.25, -0.2) is 0 Å². The Morgan fingerprint density at radius 2 is 1.74 bits per heavy atom. The number of carbonyl (C=O) groups excluding carboxylic acids is 1. The van der Waals surface area contributed by atoms with Crippen LogP contribution < -0.4 is 16.0 Å². The summed E-state index contributed by atoms with van der Waals surface area (Å²) in [5, 5.41) is 3.15. The number of nitrogens with two attached hydrogens (primary N) is 1. The molecule has 3 N–H and O–H groups in total. The molecule has 1 fully saturated rings. The van der Waals surface area contributed by atoms with E-state index in [1.807, 2.05) is 13.0 Å². The van der Waals surface area contributed by atoms with E-state index in [0.717, 1.165) is 39.1 Å². The van der Waals surface area contributed by atoms with Gasteiger partial charge < -0.3 is 16.0 Å². The Morgan fingerprint density at radius 1 is 1.15 bits per heavy atom. The first-order valence-corrected chi connectivity index (χ1v) is 9.45. The number of nitrogens with one attached hydrogen (secondary N) is 1. The van der Waals surface area contributed by atoms with Crippen LogP contribution in [0.4, 0.5) is 5.69 Å². The molecule has 156 valence electrons. The molecule has 0 radical (unpaired) electrons. The van der Waals surface area contributed by atoms with Crippen LogP contribution in [-0.2, 0) is 4.79 Å². The molecule has 0 aliphatic carbocycles. The summed E-state index contributed by atoms with van der Waals surface area (Å²) >= 11 is 0. The Labute approximate surface area is 176 Å². The highest BCUT2D eigenvalue weighted by Crippen LogP contribution is 2.17. The minimum absolute atomic E-state index is 0. The molecule has 27 heavy (non-hydrogen) atoms. The van der Waals surface area contributed by atoms with Crippen molar-refractivity contribution in [3.05, 3.63) is 30.3 Å². The first-order valence-electron chi connectivity index (χ1n) is 9.45. The van der Waals surface area contributed by atoms with E-state index in [9.17, 15) is 4.79 Å². The molecule has 0 bridgehead atoms. The summed E-state index contributed by atoms with van der Waals surface area (Å²) in [4.78, 5) is 17.1. The monoisotopic (exact) mass is 418 g/mol. The van der Waals surface area contributed by atoms with Crippen molar-refractivity contribution in [2.24, 2.45) is 11.7 Å². The van der Waals surface area contributed by atoms with Gasteiger partial charge in [-0.2, -0.15) is 0 Å². The lowest BCUT2D eigenvalue weighted by molar-refractivity contribution is -0.123. The number of rotatable bonds is 8. The first kappa shape index (κ1) is 26.0. The number of hydrogen-bond acceptors (Lipinski definition) is 4. The van der Waals surface area contributed by atoms with E-state index >= 15 is 0 Å². The van der Waals surface area contributed by atoms with Crippen LogP contribution in [0.5, 0.6) is 0 Å². The fourth-order valence-electron chi connectivity index (χ4n) is 3.61. The minimum Gasteiger partial charge on any atom is -0.369 e. The van der Waals surface area contributed by atoms with Gasteiger partial charge in [0.2, 0.25) is 5.91 Å². The summed E-state index contributed by atoms with van der Waals surface area (Å²) in [6.45, 7) is 11.7. The van der Waals surface area contributed by atoms with Gasteiger partial charge in [0, 0.05) is 56.9 Å². The lowest BCUT2D eigenvalue weighted by Crippen LogP contribution is -2.53. The van der Waals surface area contributed by atoms with Gasteiger partial charge >= 0.3 is 0 Å². The molecule has 1 aliphatic heterocycles. The van der Waals surface area contributed by atoms with Crippen molar-refractivity contribution in [2.75, 3.05) is 44.2 Å². The predicted molar refractivity (Wildman–Crippen MR) is 119 cm³/mol. The van der Waals surface area contributed by atoms with Crippen molar-refractivity contribution < 1.29 is 4.79 Å². The van der Waals surface area contributed by atoms with Crippen molar-refractivity contribution in [1.29, 1.82) is 0 Å². The van der Waals surface area contributed by atoms with E-state index in [4.69, 9.17) is 5.73 Å². The molecule has 1 aromatic carbocycles. The summed E-state index contributed by atoms with van der Waals surface area (Å²) in [7, 11) is 0. The van der Waals surface area contributed by atoms with Gasteiger partial charge in [-0.3, -0.25) is 9.69 Å². The van der Waals surface area contributed by atoms with Crippen molar-refractivity contribution >= 4 is 36.4 Å². The second-order valence-electron chi connectivity index (χ2n) is 7.83. The lowest BCUT2D eigenvalue weighted by Gasteiger charge is -2.36. The molecule has 0 aromatic heterocycles. The smallest absolute Gasteiger partial charge is 0.221 e. The number of para-hydroxylation sites is 1. The van der Waals surface area contributed by atoms with Gasteiger partial charge in [-0.05, 0) is 31.4 Å². The van der Waals surface area contributed by atoms with Crippen LogP contribution >= 0.6 is 24.8 Å². The SMILES string of the molecule is CC(C)CC(C)(CN)NC(=O)CCN1CCN(c2ccccc2)CC1.Cl.Cl. The zero-order valence-corrected chi connectivity index (χ0v) is 18.5. The third-order valence-electron chi connectivity index (χ3n) is 4.90. The lowest BCUT2D eigenvalue weighted by atomic mass is 9.90. The van der Waals surface area contributed by atoms with E-state index in [2.05, 4.69) is 53.2 Å². The Hall–Kier alpha value is -1.01. The van der Waals surface area contributed by atoms with E-state index in [0.29, 0.717) is 18.9 Å². The zero-order valence-electron chi connectivity index (χ0n) is 16.8. The summed E-state index contributed by atoms with van der Waals surface area (Å²) in [6.07, 6.45) is 1.45. The number of amides is 1. The quantitative estimate of drug-likeness (QED) is 0.680. The predicted octanol–water partition coefficient (Wildman–Crippen LogP) is 2.92. The van der Waals surface area contributed by atoms with E-state index in [1.165, 1.54) is 5.69 Å². The molecule has 2 rings (SSSR count). The number of halogens is 2. The maximum Gasteiger partial charge on any atom is 0.221 e. The fourth-order valence-corrected chi connectivity index (χ4v) is 3.61. The third-order valence-corrected chi connectivity index (χ3v) is 4.90. The fraction of sp³-hybridized carbons (Fsp3) is 0.650. The van der Waals surface area contributed by atoms with Crippen molar-refractivity contribution in [2.45, 2.75) is 39.2 Å².